The molecule has 6 heteroatoms. The van der Waals surface area contributed by atoms with Crippen LogP contribution in [0.1, 0.15) is 6.92 Å². The van der Waals surface area contributed by atoms with E-state index in [2.05, 4.69) is 15.4 Å². The molecular formula is C3H5N3O2S. The van der Waals surface area contributed by atoms with Gasteiger partial charge in [0.1, 0.15) is 0 Å². The molecule has 50 valence electrons. The van der Waals surface area contributed by atoms with Gasteiger partial charge in [-0.05, 0) is 12.1 Å². The summed E-state index contributed by atoms with van der Waals surface area (Å²) in [6.07, 6.45) is 1.19. The number of hydrogen-bond acceptors (Lipinski definition) is 5. The normalized spacial score (nSPS) is 32.2. The second-order valence-corrected chi connectivity index (χ2v) is 3.20. The van der Waals surface area contributed by atoms with Gasteiger partial charge < -0.3 is 0 Å². The van der Waals surface area contributed by atoms with E-state index in [0.717, 1.165) is 0 Å². The summed E-state index contributed by atoms with van der Waals surface area (Å²) in [5.74, 6) is 0. The van der Waals surface area contributed by atoms with Crippen LogP contribution in [0.3, 0.4) is 0 Å². The zero-order valence-electron chi connectivity index (χ0n) is 4.68. The van der Waals surface area contributed by atoms with Gasteiger partial charge in [-0.25, -0.2) is 8.42 Å². The highest BCUT2D eigenvalue weighted by molar-refractivity contribution is 7.74. The Hall–Kier alpha value is -0.780. The average Bonchev–Trinajstić information content (AvgIpc) is 2.16. The Kier molecular flexibility index (Phi) is 1.32. The summed E-state index contributed by atoms with van der Waals surface area (Å²) >= 11 is 0. The lowest BCUT2D eigenvalue weighted by Crippen LogP contribution is -2.22. The van der Waals surface area contributed by atoms with E-state index in [1.807, 2.05) is 0 Å². The Morgan fingerprint density at radius 3 is 2.44 bits per heavy atom. The highest BCUT2D eigenvalue weighted by Gasteiger charge is 2.28. The molecule has 0 aromatic carbocycles. The van der Waals surface area contributed by atoms with Crippen molar-refractivity contribution in [1.82, 2.24) is 0 Å². The Labute approximate surface area is 53.4 Å². The van der Waals surface area contributed by atoms with Gasteiger partial charge in [0.25, 0.3) is 0 Å². The van der Waals surface area contributed by atoms with Gasteiger partial charge in [0.2, 0.25) is 4.87 Å². The quantitative estimate of drug-likeness (QED) is 0.520. The fraction of sp³-hybridized carbons (Fsp3) is 0.667. The fourth-order valence-corrected chi connectivity index (χ4v) is 0.620. The molecule has 5 nitrogen and oxygen atoms in total. The number of thiol groups is 1. The lowest BCUT2D eigenvalue weighted by Gasteiger charge is -2.01. The maximum atomic E-state index is 10.3. The van der Waals surface area contributed by atoms with Crippen LogP contribution in [0.5, 0.6) is 0 Å². The van der Waals surface area contributed by atoms with E-state index in [1.165, 1.54) is 13.1 Å². The summed E-state index contributed by atoms with van der Waals surface area (Å²) in [5, 5.41) is 9.85. The second kappa shape index (κ2) is 1.87. The van der Waals surface area contributed by atoms with Crippen LogP contribution in [0, 0.1) is 0 Å². The van der Waals surface area contributed by atoms with Gasteiger partial charge in [0.15, 0.2) is 10.7 Å². The molecule has 0 aliphatic carbocycles. The Morgan fingerprint density at radius 2 is 2.22 bits per heavy atom. The smallest absolute Gasteiger partial charge is 0.215 e. The van der Waals surface area contributed by atoms with Gasteiger partial charge in [0, 0.05) is 0 Å². The van der Waals surface area contributed by atoms with Crippen LogP contribution < -0.4 is 0 Å². The van der Waals surface area contributed by atoms with Crippen LogP contribution in [0.15, 0.2) is 15.4 Å². The van der Waals surface area contributed by atoms with Gasteiger partial charge in [-0.2, -0.15) is 0 Å². The van der Waals surface area contributed by atoms with E-state index in [0.29, 0.717) is 0 Å². The molecular weight excluding hydrogens is 142 g/mol. The highest BCUT2D eigenvalue weighted by Crippen LogP contribution is 2.13. The molecule has 0 saturated heterocycles. The Morgan fingerprint density at radius 1 is 1.56 bits per heavy atom. The van der Waals surface area contributed by atoms with E-state index in [1.54, 1.807) is 0 Å². The maximum Gasteiger partial charge on any atom is 0.215 e. The molecule has 0 radical (unpaired) electrons. The van der Waals surface area contributed by atoms with Gasteiger partial charge >= 0.3 is 0 Å². The molecule has 0 amide bonds. The van der Waals surface area contributed by atoms with Crippen LogP contribution in [0.2, 0.25) is 0 Å². The molecule has 9 heavy (non-hydrogen) atoms. The zero-order valence-corrected chi connectivity index (χ0v) is 5.58. The minimum atomic E-state index is -2.59. The SMILES string of the molecule is CC1([SH](=O)=O)C=NN=N1. The zero-order chi connectivity index (χ0) is 6.91. The highest BCUT2D eigenvalue weighted by atomic mass is 32.2. The molecule has 1 atom stereocenters. The number of nitrogens with zero attached hydrogens (tertiary/aromatic N) is 3. The molecule has 0 saturated carbocycles. The lowest BCUT2D eigenvalue weighted by atomic mass is 10.4. The van der Waals surface area contributed by atoms with E-state index in [-0.39, 0.29) is 0 Å². The van der Waals surface area contributed by atoms with Crippen molar-refractivity contribution in [2.75, 3.05) is 0 Å². The molecule has 1 heterocycles. The van der Waals surface area contributed by atoms with Crippen LogP contribution in [0.4, 0.5) is 0 Å². The standard InChI is InChI=1S/C3H5N3O2S/c1-3(9(7)8)2-4-6-5-3/h2,9H,1H3. The fourth-order valence-electron chi connectivity index (χ4n) is 0.361. The Bertz CT molecular complexity index is 221. The van der Waals surface area contributed by atoms with Gasteiger partial charge in [-0.15, -0.1) is 10.2 Å². The van der Waals surface area contributed by atoms with Crippen molar-refractivity contribution >= 4 is 16.9 Å². The van der Waals surface area contributed by atoms with Gasteiger partial charge in [-0.3, -0.25) is 0 Å². The third-order valence-corrected chi connectivity index (χ3v) is 1.91. The van der Waals surface area contributed by atoms with Gasteiger partial charge in [-0.1, -0.05) is 0 Å². The third-order valence-electron chi connectivity index (χ3n) is 0.971. The van der Waals surface area contributed by atoms with E-state index < -0.39 is 15.6 Å². The minimum absolute atomic E-state index is 1.19. The summed E-state index contributed by atoms with van der Waals surface area (Å²) in [6, 6.07) is 0. The van der Waals surface area contributed by atoms with Crippen molar-refractivity contribution in [3.05, 3.63) is 0 Å². The lowest BCUT2D eigenvalue weighted by molar-refractivity contribution is 0.594. The van der Waals surface area contributed by atoms with Crippen molar-refractivity contribution in [3.63, 3.8) is 0 Å². The summed E-state index contributed by atoms with van der Waals surface area (Å²) < 4.78 is 20.6. The molecule has 0 spiro atoms. The molecule has 0 aromatic heterocycles. The molecule has 1 unspecified atom stereocenters. The number of rotatable bonds is 1. The van der Waals surface area contributed by atoms with E-state index in [9.17, 15) is 8.42 Å². The predicted molar refractivity (Wildman–Crippen MR) is 32.1 cm³/mol. The molecule has 1 rings (SSSR count). The molecule has 0 bridgehead atoms. The van der Waals surface area contributed by atoms with Crippen LogP contribution in [-0.4, -0.2) is 19.5 Å². The summed E-state index contributed by atoms with van der Waals surface area (Å²) in [4.78, 5) is -1.19. The Balaban J connectivity index is 3.02. The molecule has 0 N–H and O–H groups in total. The van der Waals surface area contributed by atoms with Crippen molar-refractivity contribution in [3.8, 4) is 0 Å². The first-order valence-electron chi connectivity index (χ1n) is 2.26. The van der Waals surface area contributed by atoms with Crippen molar-refractivity contribution in [1.29, 1.82) is 0 Å². The monoisotopic (exact) mass is 147 g/mol. The minimum Gasteiger partial charge on any atom is -0.229 e. The second-order valence-electron chi connectivity index (χ2n) is 1.79. The van der Waals surface area contributed by atoms with Crippen molar-refractivity contribution in [2.24, 2.45) is 15.4 Å². The number of hydrogen-bond donors (Lipinski definition) is 1. The molecule has 0 fully saturated rings. The topological polar surface area (TPSA) is 71.2 Å². The largest absolute Gasteiger partial charge is 0.229 e. The average molecular weight is 147 g/mol. The first-order chi connectivity index (χ1) is 4.15. The van der Waals surface area contributed by atoms with Crippen LogP contribution in [0.25, 0.3) is 0 Å². The summed E-state index contributed by atoms with van der Waals surface area (Å²) in [7, 11) is -2.59. The third kappa shape index (κ3) is 0.973. The van der Waals surface area contributed by atoms with Crippen molar-refractivity contribution in [2.45, 2.75) is 11.8 Å². The predicted octanol–water partition coefficient (Wildman–Crippen LogP) is -0.234. The van der Waals surface area contributed by atoms with Crippen molar-refractivity contribution < 1.29 is 8.42 Å². The molecule has 1 aliphatic rings. The van der Waals surface area contributed by atoms with E-state index >= 15 is 0 Å². The molecule has 0 aromatic rings. The molecule has 1 aliphatic heterocycles. The van der Waals surface area contributed by atoms with Gasteiger partial charge in [0.05, 0.1) is 6.21 Å². The first kappa shape index (κ1) is 6.34. The maximum absolute atomic E-state index is 10.3. The first-order valence-corrected chi connectivity index (χ1v) is 3.44. The van der Waals surface area contributed by atoms with Crippen LogP contribution in [-0.2, 0) is 10.7 Å². The summed E-state index contributed by atoms with van der Waals surface area (Å²) in [6.45, 7) is 1.43. The van der Waals surface area contributed by atoms with E-state index in [4.69, 9.17) is 0 Å². The van der Waals surface area contributed by atoms with Crippen LogP contribution >= 0.6 is 0 Å². The summed E-state index contributed by atoms with van der Waals surface area (Å²) in [5.41, 5.74) is 0.